The summed E-state index contributed by atoms with van der Waals surface area (Å²) in [4.78, 5) is 36.1. The van der Waals surface area contributed by atoms with Crippen molar-refractivity contribution in [3.63, 3.8) is 0 Å². The first-order valence-corrected chi connectivity index (χ1v) is 9.12. The molecule has 0 unspecified atom stereocenters. The second-order valence-corrected chi connectivity index (χ2v) is 6.83. The van der Waals surface area contributed by atoms with Gasteiger partial charge in [0.1, 0.15) is 0 Å². The molecule has 6 nitrogen and oxygen atoms in total. The summed E-state index contributed by atoms with van der Waals surface area (Å²) in [6, 6.07) is 18.0. The Hall–Kier alpha value is -3.22. The van der Waals surface area contributed by atoms with E-state index >= 15 is 0 Å². The Morgan fingerprint density at radius 3 is 2.21 bits per heavy atom. The number of nitro groups is 1. The van der Waals surface area contributed by atoms with Gasteiger partial charge in [-0.05, 0) is 18.2 Å². The zero-order valence-corrected chi connectivity index (χ0v) is 16.3. The fourth-order valence-corrected chi connectivity index (χ4v) is 2.94. The van der Waals surface area contributed by atoms with Crippen LogP contribution >= 0.6 is 23.2 Å². The topological polar surface area (TPSA) is 86.5 Å². The molecule has 0 saturated heterocycles. The summed E-state index contributed by atoms with van der Waals surface area (Å²) in [5.74, 6) is -1.41. The van der Waals surface area contributed by atoms with Gasteiger partial charge in [0.25, 0.3) is 5.69 Å². The first kappa shape index (κ1) is 20.5. The lowest BCUT2D eigenvalue weighted by atomic mass is 9.99. The van der Waals surface area contributed by atoms with Crippen LogP contribution in [0.15, 0.2) is 72.8 Å². The minimum Gasteiger partial charge on any atom is -0.445 e. The van der Waals surface area contributed by atoms with Crippen LogP contribution in [0.5, 0.6) is 0 Å². The number of rotatable bonds is 6. The minimum atomic E-state index is -1.28. The van der Waals surface area contributed by atoms with E-state index in [2.05, 4.69) is 0 Å². The highest BCUT2D eigenvalue weighted by Crippen LogP contribution is 2.28. The third-order valence-corrected chi connectivity index (χ3v) is 4.66. The number of ether oxygens (including phenoxy) is 1. The largest absolute Gasteiger partial charge is 0.445 e. The smallest absolute Gasteiger partial charge is 0.340 e. The monoisotopic (exact) mass is 429 g/mol. The van der Waals surface area contributed by atoms with Crippen molar-refractivity contribution in [2.24, 2.45) is 0 Å². The van der Waals surface area contributed by atoms with E-state index in [1.54, 1.807) is 54.6 Å². The standard InChI is InChI=1S/C21H13Cl2NO5/c22-15-8-6-14(7-9-15)20(19(25)13-4-2-1-3-5-13)29-21(26)17-12-16(24(27)28)10-11-18(17)23/h1-12,20H/t20-/m1/s1. The minimum absolute atomic E-state index is 0.0254. The van der Waals surface area contributed by atoms with E-state index in [-0.39, 0.29) is 16.3 Å². The number of benzene rings is 3. The zero-order valence-electron chi connectivity index (χ0n) is 14.7. The highest BCUT2D eigenvalue weighted by molar-refractivity contribution is 6.33. The van der Waals surface area contributed by atoms with Gasteiger partial charge >= 0.3 is 5.97 Å². The third-order valence-electron chi connectivity index (χ3n) is 4.07. The van der Waals surface area contributed by atoms with Gasteiger partial charge in [-0.1, -0.05) is 65.7 Å². The Morgan fingerprint density at radius 2 is 1.59 bits per heavy atom. The van der Waals surface area contributed by atoms with Gasteiger partial charge in [-0.2, -0.15) is 0 Å². The highest BCUT2D eigenvalue weighted by atomic mass is 35.5. The van der Waals surface area contributed by atoms with Gasteiger partial charge in [0.15, 0.2) is 6.10 Å². The summed E-state index contributed by atoms with van der Waals surface area (Å²) in [6.45, 7) is 0. The molecule has 0 aliphatic heterocycles. The summed E-state index contributed by atoms with van der Waals surface area (Å²) in [6.07, 6.45) is -1.28. The quantitative estimate of drug-likeness (QED) is 0.217. The molecule has 0 heterocycles. The molecule has 0 saturated carbocycles. The van der Waals surface area contributed by atoms with Gasteiger partial charge in [-0.3, -0.25) is 14.9 Å². The van der Waals surface area contributed by atoms with Crippen molar-refractivity contribution in [3.05, 3.63) is 110 Å². The summed E-state index contributed by atoms with van der Waals surface area (Å²) in [5, 5.41) is 11.4. The lowest BCUT2D eigenvalue weighted by Crippen LogP contribution is -2.20. The molecule has 0 spiro atoms. The molecule has 0 N–H and O–H groups in total. The number of Topliss-reactive ketones (excluding diaryl/α,β-unsaturated/α-hetero) is 1. The van der Waals surface area contributed by atoms with Crippen molar-refractivity contribution < 1.29 is 19.2 Å². The maximum atomic E-state index is 13.0. The molecule has 0 bridgehead atoms. The van der Waals surface area contributed by atoms with Crippen molar-refractivity contribution in [2.75, 3.05) is 0 Å². The van der Waals surface area contributed by atoms with E-state index in [0.29, 0.717) is 16.1 Å². The molecule has 0 aliphatic rings. The summed E-state index contributed by atoms with van der Waals surface area (Å²) >= 11 is 11.9. The molecule has 0 fully saturated rings. The molecule has 8 heteroatoms. The fourth-order valence-electron chi connectivity index (χ4n) is 2.62. The van der Waals surface area contributed by atoms with Crippen LogP contribution in [0.2, 0.25) is 10.0 Å². The van der Waals surface area contributed by atoms with Crippen LogP contribution in [0.25, 0.3) is 0 Å². The van der Waals surface area contributed by atoms with Crippen LogP contribution in [0.4, 0.5) is 5.69 Å². The number of hydrogen-bond donors (Lipinski definition) is 0. The number of halogens is 2. The summed E-state index contributed by atoms with van der Waals surface area (Å²) < 4.78 is 5.46. The zero-order chi connectivity index (χ0) is 21.0. The normalized spacial score (nSPS) is 11.5. The van der Waals surface area contributed by atoms with Crippen LogP contribution in [0.1, 0.15) is 32.4 Å². The first-order chi connectivity index (χ1) is 13.9. The van der Waals surface area contributed by atoms with Gasteiger partial charge < -0.3 is 4.74 Å². The predicted molar refractivity (Wildman–Crippen MR) is 108 cm³/mol. The number of nitrogens with zero attached hydrogens (tertiary/aromatic N) is 1. The maximum absolute atomic E-state index is 13.0. The van der Waals surface area contributed by atoms with E-state index in [9.17, 15) is 19.7 Å². The molecule has 3 aromatic rings. The predicted octanol–water partition coefficient (Wildman–Crippen LogP) is 5.68. The molecule has 1 atom stereocenters. The second kappa shape index (κ2) is 8.86. The molecule has 0 amide bonds. The number of carbonyl (C=O) groups excluding carboxylic acids is 2. The average Bonchev–Trinajstić information content (AvgIpc) is 2.73. The lowest BCUT2D eigenvalue weighted by molar-refractivity contribution is -0.384. The number of non-ortho nitro benzene ring substituents is 1. The van der Waals surface area contributed by atoms with Crippen LogP contribution in [-0.4, -0.2) is 16.7 Å². The van der Waals surface area contributed by atoms with Crippen molar-refractivity contribution in [3.8, 4) is 0 Å². The van der Waals surface area contributed by atoms with Gasteiger partial charge in [0, 0.05) is 28.3 Å². The van der Waals surface area contributed by atoms with Crippen molar-refractivity contribution in [2.45, 2.75) is 6.10 Å². The van der Waals surface area contributed by atoms with E-state index in [1.165, 1.54) is 12.1 Å². The molecule has 0 aliphatic carbocycles. The summed E-state index contributed by atoms with van der Waals surface area (Å²) in [5.41, 5.74) is 0.211. The van der Waals surface area contributed by atoms with Gasteiger partial charge in [-0.15, -0.1) is 0 Å². The number of carbonyl (C=O) groups is 2. The Labute approximate surface area is 175 Å². The number of esters is 1. The average molecular weight is 430 g/mol. The van der Waals surface area contributed by atoms with Crippen LogP contribution in [-0.2, 0) is 4.74 Å². The van der Waals surface area contributed by atoms with Crippen molar-refractivity contribution in [1.82, 2.24) is 0 Å². The van der Waals surface area contributed by atoms with Crippen molar-refractivity contribution in [1.29, 1.82) is 0 Å². The number of hydrogen-bond acceptors (Lipinski definition) is 5. The lowest BCUT2D eigenvalue weighted by Gasteiger charge is -2.18. The number of ketones is 1. The van der Waals surface area contributed by atoms with Gasteiger partial charge in [0.05, 0.1) is 15.5 Å². The maximum Gasteiger partial charge on any atom is 0.340 e. The Morgan fingerprint density at radius 1 is 0.931 bits per heavy atom. The molecule has 3 rings (SSSR count). The molecule has 3 aromatic carbocycles. The Bertz CT molecular complexity index is 1070. The van der Waals surface area contributed by atoms with E-state index < -0.39 is 22.8 Å². The molecular formula is C21H13Cl2NO5. The Kier molecular flexibility index (Phi) is 6.26. The van der Waals surface area contributed by atoms with Crippen LogP contribution < -0.4 is 0 Å². The Balaban J connectivity index is 1.98. The van der Waals surface area contributed by atoms with E-state index in [0.717, 1.165) is 6.07 Å². The third kappa shape index (κ3) is 4.80. The molecule has 0 aromatic heterocycles. The van der Waals surface area contributed by atoms with Crippen LogP contribution in [0.3, 0.4) is 0 Å². The highest BCUT2D eigenvalue weighted by Gasteiger charge is 2.28. The molecular weight excluding hydrogens is 417 g/mol. The number of nitro benzene ring substituents is 1. The summed E-state index contributed by atoms with van der Waals surface area (Å²) in [7, 11) is 0. The molecule has 146 valence electrons. The SMILES string of the molecule is O=C(O[C@@H](C(=O)c1ccccc1)c1ccc(Cl)cc1)c1cc([N+](=O)[O-])ccc1Cl. The molecule has 29 heavy (non-hydrogen) atoms. The van der Waals surface area contributed by atoms with E-state index in [4.69, 9.17) is 27.9 Å². The van der Waals surface area contributed by atoms with E-state index in [1.807, 2.05) is 0 Å². The fraction of sp³-hybridized carbons (Fsp3) is 0.0476. The second-order valence-electron chi connectivity index (χ2n) is 5.99. The first-order valence-electron chi connectivity index (χ1n) is 8.36. The van der Waals surface area contributed by atoms with Crippen molar-refractivity contribution >= 4 is 40.6 Å². The molecule has 0 radical (unpaired) electrons. The van der Waals surface area contributed by atoms with Gasteiger partial charge in [-0.25, -0.2) is 4.79 Å². The van der Waals surface area contributed by atoms with Crippen LogP contribution in [0, 0.1) is 10.1 Å². The van der Waals surface area contributed by atoms with Gasteiger partial charge in [0.2, 0.25) is 5.78 Å².